The van der Waals surface area contributed by atoms with Gasteiger partial charge >= 0.3 is 6.16 Å². The minimum atomic E-state index is -1.83. The van der Waals surface area contributed by atoms with Crippen molar-refractivity contribution in [2.24, 2.45) is 0 Å². The van der Waals surface area contributed by atoms with Gasteiger partial charge in [-0.2, -0.15) is 0 Å². The lowest BCUT2D eigenvalue weighted by Crippen LogP contribution is -2.20. The molecule has 2 aliphatic rings. The van der Waals surface area contributed by atoms with Gasteiger partial charge < -0.3 is 10.2 Å². The summed E-state index contributed by atoms with van der Waals surface area (Å²) in [7, 11) is 0. The number of carboxylic acid groups (broad SMARTS) is 2. The van der Waals surface area contributed by atoms with Gasteiger partial charge in [0.05, 0.1) is 12.2 Å². The molecule has 0 spiro atoms. The van der Waals surface area contributed by atoms with Crippen LogP contribution in [0.15, 0.2) is 0 Å². The van der Waals surface area contributed by atoms with Crippen LogP contribution in [0.4, 0.5) is 4.79 Å². The Bertz CT molecular complexity index is 330. The third kappa shape index (κ3) is 18.0. The number of hydrogen-bond acceptors (Lipinski definition) is 3. The monoisotopic (exact) mass is 428 g/mol. The van der Waals surface area contributed by atoms with Crippen LogP contribution in [0.1, 0.15) is 141 Å². The molecule has 0 aliphatic heterocycles. The van der Waals surface area contributed by atoms with Gasteiger partial charge in [0, 0.05) is 0 Å². The highest BCUT2D eigenvalue weighted by Crippen LogP contribution is 2.22. The van der Waals surface area contributed by atoms with Crippen LogP contribution >= 0.6 is 0 Å². The second kappa shape index (κ2) is 20.1. The molecule has 30 heavy (non-hydrogen) atoms. The third-order valence-corrected chi connectivity index (χ3v) is 6.43. The Balaban J connectivity index is 0.00000103. The molecule has 2 fully saturated rings. The Labute approximate surface area is 184 Å². The number of rotatable bonds is 3. The van der Waals surface area contributed by atoms with E-state index < -0.39 is 6.16 Å². The van der Waals surface area contributed by atoms with Crippen molar-refractivity contribution in [1.82, 2.24) is 0 Å². The molecular formula is C25H48O5. The van der Waals surface area contributed by atoms with Gasteiger partial charge in [0.1, 0.15) is 0 Å². The van der Waals surface area contributed by atoms with Crippen molar-refractivity contribution in [1.29, 1.82) is 0 Å². The average molecular weight is 429 g/mol. The van der Waals surface area contributed by atoms with Gasteiger partial charge in [-0.15, -0.1) is 0 Å². The first-order valence-electron chi connectivity index (χ1n) is 12.9. The van der Waals surface area contributed by atoms with Gasteiger partial charge in [-0.3, -0.25) is 0 Å². The Hall–Kier alpha value is -0.810. The molecule has 2 rings (SSSR count). The second-order valence-corrected chi connectivity index (χ2v) is 9.24. The van der Waals surface area contributed by atoms with Crippen LogP contribution in [0.25, 0.3) is 0 Å². The zero-order valence-corrected chi connectivity index (χ0v) is 19.3. The van der Waals surface area contributed by atoms with E-state index in [4.69, 9.17) is 24.8 Å². The van der Waals surface area contributed by atoms with Crippen LogP contribution in [0.2, 0.25) is 0 Å². The van der Waals surface area contributed by atoms with Crippen LogP contribution < -0.4 is 0 Å². The van der Waals surface area contributed by atoms with Crippen molar-refractivity contribution in [3.63, 3.8) is 0 Å². The van der Waals surface area contributed by atoms with E-state index in [2.05, 4.69) is 0 Å². The first-order chi connectivity index (χ1) is 14.7. The summed E-state index contributed by atoms with van der Waals surface area (Å²) in [6.45, 7) is 0. The molecule has 0 amide bonds. The molecule has 2 aliphatic carbocycles. The van der Waals surface area contributed by atoms with Gasteiger partial charge in [-0.05, 0) is 25.7 Å². The summed E-state index contributed by atoms with van der Waals surface area (Å²) in [6.07, 6.45) is 28.7. The lowest BCUT2D eigenvalue weighted by Gasteiger charge is -2.22. The lowest BCUT2D eigenvalue weighted by molar-refractivity contribution is -0.355. The first kappa shape index (κ1) is 27.2. The third-order valence-electron chi connectivity index (χ3n) is 6.43. The highest BCUT2D eigenvalue weighted by molar-refractivity contribution is 5.53. The Morgan fingerprint density at radius 3 is 0.800 bits per heavy atom. The molecular weight excluding hydrogens is 380 g/mol. The largest absolute Gasteiger partial charge is 0.503 e. The maximum atomic E-state index is 8.56. The van der Waals surface area contributed by atoms with Gasteiger partial charge in [0.15, 0.2) is 0 Å². The molecule has 0 saturated heterocycles. The first-order valence-corrected chi connectivity index (χ1v) is 12.9. The molecule has 0 radical (unpaired) electrons. The van der Waals surface area contributed by atoms with Crippen molar-refractivity contribution >= 4 is 6.16 Å². The van der Waals surface area contributed by atoms with Crippen LogP contribution in [0.5, 0.6) is 0 Å². The molecule has 0 heterocycles. The Morgan fingerprint density at radius 1 is 0.433 bits per heavy atom. The summed E-state index contributed by atoms with van der Waals surface area (Å²) >= 11 is 0. The van der Waals surface area contributed by atoms with E-state index in [1.807, 2.05) is 0 Å². The van der Waals surface area contributed by atoms with Crippen molar-refractivity contribution in [3.8, 4) is 0 Å². The van der Waals surface area contributed by atoms with E-state index >= 15 is 0 Å². The van der Waals surface area contributed by atoms with E-state index in [0.717, 1.165) is 0 Å². The Morgan fingerprint density at radius 2 is 0.600 bits per heavy atom. The van der Waals surface area contributed by atoms with Crippen LogP contribution in [-0.2, 0) is 9.78 Å². The summed E-state index contributed by atoms with van der Waals surface area (Å²) in [5, 5.41) is 13.9. The van der Waals surface area contributed by atoms with E-state index in [-0.39, 0.29) is 0 Å². The topological polar surface area (TPSA) is 76.0 Å². The molecule has 5 nitrogen and oxygen atoms in total. The molecule has 0 aromatic heterocycles. The fraction of sp³-hybridized carbons (Fsp3) is 0.960. The molecule has 178 valence electrons. The highest BCUT2D eigenvalue weighted by Gasteiger charge is 2.16. The molecule has 0 atom stereocenters. The Kier molecular flexibility index (Phi) is 18.3. The van der Waals surface area contributed by atoms with Gasteiger partial charge in [-0.25, -0.2) is 14.6 Å². The van der Waals surface area contributed by atoms with Crippen molar-refractivity contribution in [2.75, 3.05) is 0 Å². The summed E-state index contributed by atoms with van der Waals surface area (Å²) in [5.74, 6) is 0. The molecule has 0 aromatic carbocycles. The molecule has 2 N–H and O–H groups in total. The number of carbonyl (C=O) groups is 1. The summed E-state index contributed by atoms with van der Waals surface area (Å²) < 4.78 is 0. The van der Waals surface area contributed by atoms with E-state index in [1.165, 1.54) is 141 Å². The molecule has 5 heteroatoms. The molecule has 0 unspecified atom stereocenters. The lowest BCUT2D eigenvalue weighted by atomic mass is 9.99. The minimum absolute atomic E-state index is 0.343. The van der Waals surface area contributed by atoms with Gasteiger partial charge in [0.2, 0.25) is 0 Å². The van der Waals surface area contributed by atoms with E-state index in [9.17, 15) is 0 Å². The molecule has 0 bridgehead atoms. The van der Waals surface area contributed by atoms with Gasteiger partial charge in [-0.1, -0.05) is 116 Å². The van der Waals surface area contributed by atoms with Crippen molar-refractivity contribution < 1.29 is 24.8 Å². The zero-order chi connectivity index (χ0) is 21.7. The van der Waals surface area contributed by atoms with Crippen molar-refractivity contribution in [3.05, 3.63) is 0 Å². The number of hydrogen-bond donors (Lipinski definition) is 2. The highest BCUT2D eigenvalue weighted by atomic mass is 17.2. The second-order valence-electron chi connectivity index (χ2n) is 9.24. The fourth-order valence-corrected chi connectivity index (χ4v) is 4.60. The maximum absolute atomic E-state index is 8.56. The van der Waals surface area contributed by atoms with E-state index in [1.54, 1.807) is 0 Å². The molecule has 2 saturated carbocycles. The van der Waals surface area contributed by atoms with Crippen LogP contribution in [0, 0.1) is 0 Å². The summed E-state index contributed by atoms with van der Waals surface area (Å²) in [6, 6.07) is 0. The summed E-state index contributed by atoms with van der Waals surface area (Å²) in [4.78, 5) is 20.7. The van der Waals surface area contributed by atoms with Crippen LogP contribution in [-0.4, -0.2) is 28.6 Å². The predicted octanol–water partition coefficient (Wildman–Crippen LogP) is 8.50. The normalized spacial score (nSPS) is 22.8. The summed E-state index contributed by atoms with van der Waals surface area (Å²) in [5.41, 5.74) is 0. The zero-order valence-electron chi connectivity index (χ0n) is 19.3. The van der Waals surface area contributed by atoms with Crippen LogP contribution in [0.3, 0.4) is 0 Å². The maximum Gasteiger partial charge on any atom is 0.503 e. The quantitative estimate of drug-likeness (QED) is 0.348. The van der Waals surface area contributed by atoms with Crippen molar-refractivity contribution in [2.45, 2.75) is 153 Å². The fourth-order valence-electron chi connectivity index (χ4n) is 4.60. The van der Waals surface area contributed by atoms with Gasteiger partial charge in [0.25, 0.3) is 0 Å². The SMILES string of the molecule is C1CCCCCC(OOC2CCCCCCCCCCC2)CCCCC1.O=C(O)O. The average Bonchev–Trinajstić information content (AvgIpc) is 2.68. The standard InChI is InChI=1S/C24H46O2.CH2O3/c1-3-7-11-15-19-23(20-16-12-8-4-1)25-26-24-21-17-13-9-5-2-6-10-14-18-22-24;2-1(3)4/h23-24H,1-22H2;(H2,2,3,4). The minimum Gasteiger partial charge on any atom is -0.450 e. The molecule has 0 aromatic rings. The smallest absolute Gasteiger partial charge is 0.450 e. The predicted molar refractivity (Wildman–Crippen MR) is 122 cm³/mol. The van der Waals surface area contributed by atoms with E-state index in [0.29, 0.717) is 12.2 Å².